The number of carbonyl (C=O) groups is 2. The van der Waals surface area contributed by atoms with Crippen LogP contribution in [0.25, 0.3) is 0 Å². The molecule has 9 nitrogen and oxygen atoms in total. The Morgan fingerprint density at radius 1 is 1.24 bits per heavy atom. The Morgan fingerprint density at radius 3 is 2.47 bits per heavy atom. The Bertz CT molecular complexity index is 1060. The van der Waals surface area contributed by atoms with Gasteiger partial charge in [-0.3, -0.25) is 4.79 Å². The molecule has 34 heavy (non-hydrogen) atoms. The standard InChI is InChI=1S/C20H22F4N4O5S/c1-3-33-20(31)28-7-11(4-12(28)9-29)26-34(32)15-8-27(2)18(17(15)24)19(30)25-10-5-13(21)16(23)14(22)6-10/h5-6,8,11-12,26,29H,3-4,7,9H2,1-2H3,(H,25,30). The average molecular weight is 506 g/mol. The second-order valence-corrected chi connectivity index (χ2v) is 8.69. The summed E-state index contributed by atoms with van der Waals surface area (Å²) in [7, 11) is 1.30. The quantitative estimate of drug-likeness (QED) is 0.301. The second-order valence-electron chi connectivity index (χ2n) is 7.48. The van der Waals surface area contributed by atoms with E-state index in [0.717, 1.165) is 10.8 Å². The van der Waals surface area contributed by atoms with Crippen LogP contribution in [0.3, 0.4) is 0 Å². The Kier molecular flexibility index (Phi) is 8.07. The molecule has 0 radical (unpaired) electrons. The van der Waals surface area contributed by atoms with Gasteiger partial charge in [0.05, 0.1) is 42.9 Å². The maximum absolute atomic E-state index is 15.0. The highest BCUT2D eigenvalue weighted by Gasteiger charge is 2.39. The van der Waals surface area contributed by atoms with E-state index in [9.17, 15) is 36.8 Å². The molecule has 1 aliphatic heterocycles. The summed E-state index contributed by atoms with van der Waals surface area (Å²) in [5, 5.41) is 11.6. The molecular weight excluding hydrogens is 484 g/mol. The van der Waals surface area contributed by atoms with Crippen molar-refractivity contribution in [2.24, 2.45) is 7.05 Å². The third kappa shape index (κ3) is 5.29. The van der Waals surface area contributed by atoms with Crippen molar-refractivity contribution in [3.05, 3.63) is 47.3 Å². The summed E-state index contributed by atoms with van der Waals surface area (Å²) in [4.78, 5) is 25.4. The number of aryl methyl sites for hydroxylation is 1. The summed E-state index contributed by atoms with van der Waals surface area (Å²) in [6, 6.07) is -0.0772. The molecule has 0 aliphatic carbocycles. The average Bonchev–Trinajstić information content (AvgIpc) is 3.31. The Balaban J connectivity index is 1.73. The molecule has 14 heteroatoms. The van der Waals surface area contributed by atoms with Crippen LogP contribution in [0.1, 0.15) is 23.8 Å². The van der Waals surface area contributed by atoms with Crippen molar-refractivity contribution in [1.82, 2.24) is 14.2 Å². The minimum atomic E-state index is -2.15. The number of benzene rings is 1. The van der Waals surface area contributed by atoms with Crippen molar-refractivity contribution in [3.63, 3.8) is 0 Å². The van der Waals surface area contributed by atoms with E-state index in [1.807, 2.05) is 0 Å². The summed E-state index contributed by atoms with van der Waals surface area (Å²) >= 11 is -2.15. The molecule has 1 aromatic heterocycles. The number of anilines is 1. The molecule has 186 valence electrons. The molecule has 2 heterocycles. The largest absolute Gasteiger partial charge is 0.593 e. The van der Waals surface area contributed by atoms with Gasteiger partial charge in [-0.05, 0) is 13.3 Å². The lowest BCUT2D eigenvalue weighted by atomic mass is 10.2. The molecule has 2 aromatic rings. The molecule has 2 amide bonds. The highest BCUT2D eigenvalue weighted by Crippen LogP contribution is 2.25. The molecule has 0 saturated carbocycles. The fourth-order valence-electron chi connectivity index (χ4n) is 3.60. The Morgan fingerprint density at radius 2 is 1.88 bits per heavy atom. The van der Waals surface area contributed by atoms with Crippen molar-refractivity contribution < 1.29 is 41.5 Å². The first-order valence-electron chi connectivity index (χ1n) is 10.1. The molecule has 1 aromatic carbocycles. The number of hydrogen-bond donors (Lipinski definition) is 3. The number of rotatable bonds is 7. The van der Waals surface area contributed by atoms with Crippen LogP contribution in [0.5, 0.6) is 0 Å². The lowest BCUT2D eigenvalue weighted by Gasteiger charge is -2.21. The second kappa shape index (κ2) is 10.6. The predicted octanol–water partition coefficient (Wildman–Crippen LogP) is 2.04. The van der Waals surface area contributed by atoms with Crippen molar-refractivity contribution in [3.8, 4) is 0 Å². The highest BCUT2D eigenvalue weighted by atomic mass is 32.2. The van der Waals surface area contributed by atoms with E-state index >= 15 is 0 Å². The van der Waals surface area contributed by atoms with Crippen LogP contribution in [-0.2, 0) is 23.1 Å². The number of nitrogens with one attached hydrogen (secondary N) is 2. The first kappa shape index (κ1) is 25.8. The van der Waals surface area contributed by atoms with E-state index < -0.39 is 70.1 Å². The van der Waals surface area contributed by atoms with Gasteiger partial charge in [-0.2, -0.15) is 4.39 Å². The number of aromatic nitrogens is 1. The number of amides is 2. The zero-order valence-electron chi connectivity index (χ0n) is 18.1. The van der Waals surface area contributed by atoms with Crippen molar-refractivity contribution >= 4 is 29.0 Å². The van der Waals surface area contributed by atoms with Gasteiger partial charge in [-0.15, -0.1) is 4.72 Å². The SMILES string of the molecule is CCOC(=O)N1CC(N[S+]([O-])c2cn(C)c(C(=O)Nc3cc(F)c(F)c(F)c3)c2F)CC1CO. The molecule has 3 unspecified atom stereocenters. The molecule has 3 N–H and O–H groups in total. The number of ether oxygens (including phenoxy) is 1. The fourth-order valence-corrected chi connectivity index (χ4v) is 4.71. The van der Waals surface area contributed by atoms with Gasteiger partial charge in [0.2, 0.25) is 10.7 Å². The summed E-state index contributed by atoms with van der Waals surface area (Å²) < 4.78 is 76.3. The molecule has 3 atom stereocenters. The normalized spacial score (nSPS) is 18.8. The first-order chi connectivity index (χ1) is 16.1. The third-order valence-corrected chi connectivity index (χ3v) is 6.38. The van der Waals surface area contributed by atoms with Crippen molar-refractivity contribution in [1.29, 1.82) is 0 Å². The van der Waals surface area contributed by atoms with Gasteiger partial charge >= 0.3 is 6.09 Å². The Labute approximate surface area is 195 Å². The molecule has 1 saturated heterocycles. The highest BCUT2D eigenvalue weighted by molar-refractivity contribution is 7.89. The first-order valence-corrected chi connectivity index (χ1v) is 11.2. The summed E-state index contributed by atoms with van der Waals surface area (Å²) in [6.07, 6.45) is 0.681. The van der Waals surface area contributed by atoms with E-state index in [0.29, 0.717) is 12.1 Å². The number of nitrogens with zero attached hydrogens (tertiary/aromatic N) is 2. The van der Waals surface area contributed by atoms with Gasteiger partial charge in [0, 0.05) is 31.4 Å². The lowest BCUT2D eigenvalue weighted by molar-refractivity contribution is 0.0882. The van der Waals surface area contributed by atoms with Crippen molar-refractivity contribution in [2.45, 2.75) is 30.3 Å². The van der Waals surface area contributed by atoms with Gasteiger partial charge in [-0.1, -0.05) is 0 Å². The lowest BCUT2D eigenvalue weighted by Crippen LogP contribution is -2.40. The molecular formula is C20H22F4N4O5S. The monoisotopic (exact) mass is 506 g/mol. The van der Waals surface area contributed by atoms with Gasteiger partial charge < -0.3 is 29.2 Å². The van der Waals surface area contributed by atoms with Crippen LogP contribution in [0.2, 0.25) is 0 Å². The number of aliphatic hydroxyl groups excluding tert-OH is 1. The van der Waals surface area contributed by atoms with Crippen LogP contribution < -0.4 is 10.0 Å². The smallest absolute Gasteiger partial charge is 0.410 e. The van der Waals surface area contributed by atoms with E-state index in [1.165, 1.54) is 11.9 Å². The van der Waals surface area contributed by atoms with Crippen LogP contribution in [0.4, 0.5) is 28.0 Å². The number of carbonyl (C=O) groups excluding carboxylic acids is 2. The molecule has 0 bridgehead atoms. The molecule has 3 rings (SSSR count). The predicted molar refractivity (Wildman–Crippen MR) is 112 cm³/mol. The van der Waals surface area contributed by atoms with E-state index in [1.54, 1.807) is 6.92 Å². The molecule has 1 fully saturated rings. The van der Waals surface area contributed by atoms with Crippen LogP contribution in [0.15, 0.2) is 23.2 Å². The minimum Gasteiger partial charge on any atom is -0.593 e. The minimum absolute atomic E-state index is 0.0549. The topological polar surface area (TPSA) is 119 Å². The molecule has 0 spiro atoms. The van der Waals surface area contributed by atoms with Gasteiger partial charge in [-0.25, -0.2) is 18.0 Å². The van der Waals surface area contributed by atoms with Crippen LogP contribution >= 0.6 is 0 Å². The number of halogens is 4. The van der Waals surface area contributed by atoms with Gasteiger partial charge in [0.25, 0.3) is 5.91 Å². The van der Waals surface area contributed by atoms with Gasteiger partial charge in [0.15, 0.2) is 17.5 Å². The number of likely N-dealkylation sites (tertiary alicyclic amines) is 1. The zero-order valence-corrected chi connectivity index (χ0v) is 18.9. The number of aliphatic hydroxyl groups is 1. The van der Waals surface area contributed by atoms with E-state index in [4.69, 9.17) is 4.74 Å². The number of hydrogen-bond acceptors (Lipinski definition) is 6. The van der Waals surface area contributed by atoms with Crippen LogP contribution in [-0.4, -0.2) is 63.0 Å². The maximum atomic E-state index is 15.0. The van der Waals surface area contributed by atoms with Crippen LogP contribution in [0, 0.1) is 23.3 Å². The summed E-state index contributed by atoms with van der Waals surface area (Å²) in [5.41, 5.74) is -1.02. The van der Waals surface area contributed by atoms with Gasteiger partial charge in [0.1, 0.15) is 5.69 Å². The Hall–Kier alpha value is -2.81. The van der Waals surface area contributed by atoms with E-state index in [-0.39, 0.29) is 31.1 Å². The fraction of sp³-hybridized carbons (Fsp3) is 0.400. The maximum Gasteiger partial charge on any atom is 0.410 e. The van der Waals surface area contributed by atoms with Crippen molar-refractivity contribution in [2.75, 3.05) is 25.1 Å². The zero-order chi connectivity index (χ0) is 25.2. The van der Waals surface area contributed by atoms with E-state index in [2.05, 4.69) is 10.0 Å². The third-order valence-electron chi connectivity index (χ3n) is 5.15. The summed E-state index contributed by atoms with van der Waals surface area (Å²) in [5.74, 6) is -7.05. The summed E-state index contributed by atoms with van der Waals surface area (Å²) in [6.45, 7) is 1.47. The molecule has 1 aliphatic rings.